The van der Waals surface area contributed by atoms with E-state index >= 15 is 0 Å². The summed E-state index contributed by atoms with van der Waals surface area (Å²) in [4.78, 5) is 13.1. The molecule has 0 aromatic heterocycles. The van der Waals surface area contributed by atoms with Crippen molar-refractivity contribution in [3.05, 3.63) is 29.3 Å². The molecule has 0 atom stereocenters. The Morgan fingerprint density at radius 3 is 2.44 bits per heavy atom. The fraction of sp³-hybridized carbons (Fsp3) is 0.462. The van der Waals surface area contributed by atoms with Crippen molar-refractivity contribution in [1.29, 1.82) is 0 Å². The van der Waals surface area contributed by atoms with Crippen LogP contribution in [0.5, 0.6) is 0 Å². The van der Waals surface area contributed by atoms with Gasteiger partial charge in [-0.1, -0.05) is 13.8 Å². The van der Waals surface area contributed by atoms with Gasteiger partial charge in [0, 0.05) is 19.8 Å². The van der Waals surface area contributed by atoms with E-state index in [9.17, 15) is 4.79 Å². The lowest BCUT2D eigenvalue weighted by Crippen LogP contribution is -2.11. The molecule has 1 aromatic rings. The minimum Gasteiger partial charge on any atom is -0.478 e. The predicted octanol–water partition coefficient (Wildman–Crippen LogP) is 2.65. The third-order valence-corrected chi connectivity index (χ3v) is 2.46. The number of benzene rings is 1. The molecule has 0 heterocycles. The Kier molecular flexibility index (Phi) is 3.93. The molecule has 3 nitrogen and oxygen atoms in total. The molecule has 0 aliphatic heterocycles. The minimum atomic E-state index is -0.846. The van der Waals surface area contributed by atoms with Gasteiger partial charge in [0.1, 0.15) is 0 Å². The molecule has 0 radical (unpaired) electrons. The second-order valence-electron chi connectivity index (χ2n) is 4.64. The van der Waals surface area contributed by atoms with Crippen LogP contribution in [0.3, 0.4) is 0 Å². The summed E-state index contributed by atoms with van der Waals surface area (Å²) in [7, 11) is 3.91. The number of carboxylic acids is 1. The van der Waals surface area contributed by atoms with E-state index in [4.69, 9.17) is 5.11 Å². The maximum atomic E-state index is 11.1. The summed E-state index contributed by atoms with van der Waals surface area (Å²) >= 11 is 0. The van der Waals surface area contributed by atoms with Crippen LogP contribution in [0.2, 0.25) is 0 Å². The maximum absolute atomic E-state index is 11.1. The highest BCUT2D eigenvalue weighted by molar-refractivity contribution is 5.90. The van der Waals surface area contributed by atoms with Crippen LogP contribution >= 0.6 is 0 Å². The first-order valence-corrected chi connectivity index (χ1v) is 5.45. The van der Waals surface area contributed by atoms with Crippen LogP contribution in [-0.2, 0) is 6.42 Å². The molecule has 0 bridgehead atoms. The van der Waals surface area contributed by atoms with Gasteiger partial charge in [-0.25, -0.2) is 4.79 Å². The van der Waals surface area contributed by atoms with Crippen LogP contribution in [0.4, 0.5) is 5.69 Å². The van der Waals surface area contributed by atoms with Gasteiger partial charge in [0.25, 0.3) is 0 Å². The fourth-order valence-corrected chi connectivity index (χ4v) is 1.68. The van der Waals surface area contributed by atoms with E-state index in [1.54, 1.807) is 6.07 Å². The molecule has 0 spiro atoms. The standard InChI is InChI=1S/C13H19NO2/c1-9(2)7-10-8-11(14(3)4)5-6-12(10)13(15)16/h5-6,8-9H,7H2,1-4H3,(H,15,16). The lowest BCUT2D eigenvalue weighted by molar-refractivity contribution is 0.0695. The predicted molar refractivity (Wildman–Crippen MR) is 66.3 cm³/mol. The number of carbonyl (C=O) groups is 1. The highest BCUT2D eigenvalue weighted by atomic mass is 16.4. The van der Waals surface area contributed by atoms with Crippen molar-refractivity contribution in [1.82, 2.24) is 0 Å². The summed E-state index contributed by atoms with van der Waals surface area (Å²) in [5.74, 6) is -0.392. The van der Waals surface area contributed by atoms with E-state index in [2.05, 4.69) is 13.8 Å². The Morgan fingerprint density at radius 1 is 1.38 bits per heavy atom. The summed E-state index contributed by atoms with van der Waals surface area (Å²) in [6, 6.07) is 5.49. The molecule has 0 aliphatic carbocycles. The van der Waals surface area contributed by atoms with Gasteiger partial charge in [0.05, 0.1) is 5.56 Å². The first kappa shape index (κ1) is 12.6. The van der Waals surface area contributed by atoms with Gasteiger partial charge >= 0.3 is 5.97 Å². The summed E-state index contributed by atoms with van der Waals surface area (Å²) in [5, 5.41) is 9.09. The number of hydrogen-bond acceptors (Lipinski definition) is 2. The Labute approximate surface area is 96.7 Å². The topological polar surface area (TPSA) is 40.5 Å². The number of carboxylic acid groups (broad SMARTS) is 1. The monoisotopic (exact) mass is 221 g/mol. The van der Waals surface area contributed by atoms with E-state index in [0.717, 1.165) is 17.7 Å². The van der Waals surface area contributed by atoms with Gasteiger partial charge in [-0.05, 0) is 36.1 Å². The Morgan fingerprint density at radius 2 is 2.00 bits per heavy atom. The second kappa shape index (κ2) is 5.01. The molecule has 16 heavy (non-hydrogen) atoms. The normalized spacial score (nSPS) is 10.6. The molecule has 0 amide bonds. The van der Waals surface area contributed by atoms with Crippen molar-refractivity contribution in [2.75, 3.05) is 19.0 Å². The fourth-order valence-electron chi connectivity index (χ4n) is 1.68. The van der Waals surface area contributed by atoms with Crippen molar-refractivity contribution in [3.63, 3.8) is 0 Å². The zero-order valence-electron chi connectivity index (χ0n) is 10.3. The smallest absolute Gasteiger partial charge is 0.335 e. The largest absolute Gasteiger partial charge is 0.478 e. The SMILES string of the molecule is CC(C)Cc1cc(N(C)C)ccc1C(=O)O. The molecule has 0 saturated heterocycles. The number of nitrogens with zero attached hydrogens (tertiary/aromatic N) is 1. The van der Waals surface area contributed by atoms with E-state index in [1.807, 2.05) is 31.1 Å². The van der Waals surface area contributed by atoms with Gasteiger partial charge in [0.15, 0.2) is 0 Å². The number of hydrogen-bond donors (Lipinski definition) is 1. The lowest BCUT2D eigenvalue weighted by Gasteiger charge is -2.16. The van der Waals surface area contributed by atoms with Crippen LogP contribution < -0.4 is 4.90 Å². The van der Waals surface area contributed by atoms with E-state index in [1.165, 1.54) is 0 Å². The summed E-state index contributed by atoms with van der Waals surface area (Å²) in [6.07, 6.45) is 0.795. The molecule has 0 saturated carbocycles. The molecule has 88 valence electrons. The lowest BCUT2D eigenvalue weighted by atomic mass is 9.97. The molecule has 1 N–H and O–H groups in total. The summed E-state index contributed by atoms with van der Waals surface area (Å²) in [6.45, 7) is 4.18. The average Bonchev–Trinajstić information content (AvgIpc) is 2.15. The summed E-state index contributed by atoms with van der Waals surface area (Å²) in [5.41, 5.74) is 2.37. The van der Waals surface area contributed by atoms with Crippen molar-refractivity contribution < 1.29 is 9.90 Å². The second-order valence-corrected chi connectivity index (χ2v) is 4.64. The van der Waals surface area contributed by atoms with Gasteiger partial charge in [-0.3, -0.25) is 0 Å². The zero-order chi connectivity index (χ0) is 12.3. The third kappa shape index (κ3) is 2.99. The van der Waals surface area contributed by atoms with E-state index < -0.39 is 5.97 Å². The van der Waals surface area contributed by atoms with Gasteiger partial charge < -0.3 is 10.0 Å². The van der Waals surface area contributed by atoms with Gasteiger partial charge in [0.2, 0.25) is 0 Å². The highest BCUT2D eigenvalue weighted by Gasteiger charge is 2.12. The van der Waals surface area contributed by atoms with Crippen molar-refractivity contribution in [2.45, 2.75) is 20.3 Å². The molecule has 0 fully saturated rings. The first-order chi connectivity index (χ1) is 7.41. The Balaban J connectivity index is 3.15. The van der Waals surface area contributed by atoms with Gasteiger partial charge in [-0.15, -0.1) is 0 Å². The number of aromatic carboxylic acids is 1. The molecular formula is C13H19NO2. The zero-order valence-corrected chi connectivity index (χ0v) is 10.3. The molecular weight excluding hydrogens is 202 g/mol. The van der Waals surface area contributed by atoms with E-state index in [0.29, 0.717) is 11.5 Å². The van der Waals surface area contributed by atoms with Crippen LogP contribution in [0, 0.1) is 5.92 Å². The van der Waals surface area contributed by atoms with E-state index in [-0.39, 0.29) is 0 Å². The van der Waals surface area contributed by atoms with Crippen LogP contribution in [-0.4, -0.2) is 25.2 Å². The van der Waals surface area contributed by atoms with Crippen LogP contribution in [0.25, 0.3) is 0 Å². The molecule has 1 aromatic carbocycles. The minimum absolute atomic E-state index is 0.416. The highest BCUT2D eigenvalue weighted by Crippen LogP contribution is 2.21. The first-order valence-electron chi connectivity index (χ1n) is 5.45. The Hall–Kier alpha value is -1.51. The average molecular weight is 221 g/mol. The Bertz CT molecular complexity index is 384. The van der Waals surface area contributed by atoms with Gasteiger partial charge in [-0.2, -0.15) is 0 Å². The maximum Gasteiger partial charge on any atom is 0.335 e. The van der Waals surface area contributed by atoms with Crippen molar-refractivity contribution >= 4 is 11.7 Å². The molecule has 1 rings (SSSR count). The molecule has 3 heteroatoms. The van der Waals surface area contributed by atoms with Crippen molar-refractivity contribution in [3.8, 4) is 0 Å². The van der Waals surface area contributed by atoms with Crippen LogP contribution in [0.15, 0.2) is 18.2 Å². The van der Waals surface area contributed by atoms with Crippen LogP contribution in [0.1, 0.15) is 29.8 Å². The molecule has 0 unspecified atom stereocenters. The molecule has 0 aliphatic rings. The quantitative estimate of drug-likeness (QED) is 0.849. The number of anilines is 1. The third-order valence-electron chi connectivity index (χ3n) is 2.46. The van der Waals surface area contributed by atoms with Crippen molar-refractivity contribution in [2.24, 2.45) is 5.92 Å². The number of rotatable bonds is 4. The summed E-state index contributed by atoms with van der Waals surface area (Å²) < 4.78 is 0.